The van der Waals surface area contributed by atoms with E-state index < -0.39 is 5.97 Å². The van der Waals surface area contributed by atoms with Gasteiger partial charge in [-0.05, 0) is 12.1 Å². The highest BCUT2D eigenvalue weighted by molar-refractivity contribution is 5.87. The van der Waals surface area contributed by atoms with Gasteiger partial charge in [-0.2, -0.15) is 0 Å². The maximum Gasteiger partial charge on any atom is 0.356 e. The van der Waals surface area contributed by atoms with Crippen molar-refractivity contribution >= 4 is 5.97 Å². The summed E-state index contributed by atoms with van der Waals surface area (Å²) in [6.07, 6.45) is 1.25. The Balaban J connectivity index is 2.20. The predicted octanol–water partition coefficient (Wildman–Crippen LogP) is 2.06. The van der Waals surface area contributed by atoms with E-state index in [1.165, 1.54) is 19.5 Å². The Labute approximate surface area is 98.0 Å². The molecule has 0 saturated carbocycles. The van der Waals surface area contributed by atoms with Crippen molar-refractivity contribution in [3.63, 3.8) is 0 Å². The molecule has 0 aliphatic carbocycles. The smallest absolute Gasteiger partial charge is 0.356 e. The zero-order chi connectivity index (χ0) is 12.1. The number of rotatable bonds is 3. The number of hydrogen-bond donors (Lipinski definition) is 0. The van der Waals surface area contributed by atoms with E-state index in [2.05, 4.69) is 14.7 Å². The number of hydrogen-bond acceptors (Lipinski definition) is 5. The van der Waals surface area contributed by atoms with E-state index in [9.17, 15) is 4.79 Å². The number of benzene rings is 1. The van der Waals surface area contributed by atoms with E-state index in [0.29, 0.717) is 11.6 Å². The Morgan fingerprint density at radius 3 is 2.65 bits per heavy atom. The molecule has 2 rings (SSSR count). The molecule has 0 aliphatic heterocycles. The van der Waals surface area contributed by atoms with Gasteiger partial charge >= 0.3 is 5.97 Å². The molecule has 17 heavy (non-hydrogen) atoms. The van der Waals surface area contributed by atoms with Crippen molar-refractivity contribution in [2.75, 3.05) is 7.11 Å². The summed E-state index contributed by atoms with van der Waals surface area (Å²) in [7, 11) is 1.29. The Kier molecular flexibility index (Phi) is 3.30. The first-order valence-electron chi connectivity index (χ1n) is 4.93. The van der Waals surface area contributed by atoms with Gasteiger partial charge in [0.1, 0.15) is 12.1 Å². The van der Waals surface area contributed by atoms with Gasteiger partial charge in [0, 0.05) is 6.07 Å². The average Bonchev–Trinajstić information content (AvgIpc) is 2.39. The molecule has 0 radical (unpaired) electrons. The Morgan fingerprint density at radius 2 is 1.94 bits per heavy atom. The van der Waals surface area contributed by atoms with Gasteiger partial charge in [-0.3, -0.25) is 0 Å². The predicted molar refractivity (Wildman–Crippen MR) is 59.9 cm³/mol. The number of carbonyl (C=O) groups excluding carboxylic acids is 1. The maximum atomic E-state index is 11.3. The summed E-state index contributed by atoms with van der Waals surface area (Å²) in [6, 6.07) is 10.6. The van der Waals surface area contributed by atoms with Crippen LogP contribution in [0.1, 0.15) is 10.5 Å². The zero-order valence-electron chi connectivity index (χ0n) is 9.16. The summed E-state index contributed by atoms with van der Waals surface area (Å²) in [4.78, 5) is 18.9. The van der Waals surface area contributed by atoms with Crippen LogP contribution in [0, 0.1) is 0 Å². The molecule has 0 unspecified atom stereocenters. The molecule has 5 heteroatoms. The third kappa shape index (κ3) is 2.78. The van der Waals surface area contributed by atoms with Crippen LogP contribution in [-0.2, 0) is 4.74 Å². The van der Waals surface area contributed by atoms with Crippen LogP contribution in [-0.4, -0.2) is 23.0 Å². The minimum atomic E-state index is -0.523. The number of methoxy groups -OCH3 is 1. The molecule has 0 fully saturated rings. The highest BCUT2D eigenvalue weighted by Gasteiger charge is 2.09. The van der Waals surface area contributed by atoms with Crippen LogP contribution in [0.4, 0.5) is 0 Å². The van der Waals surface area contributed by atoms with Gasteiger partial charge in [-0.15, -0.1) is 0 Å². The van der Waals surface area contributed by atoms with Crippen LogP contribution in [0.3, 0.4) is 0 Å². The SMILES string of the molecule is COC(=O)c1cc(Oc2ccccc2)ncn1. The standard InChI is InChI=1S/C12H10N2O3/c1-16-12(15)10-7-11(14-8-13-10)17-9-5-3-2-4-6-9/h2-8H,1H3. The van der Waals surface area contributed by atoms with Crippen LogP contribution in [0.5, 0.6) is 11.6 Å². The molecule has 0 bridgehead atoms. The maximum absolute atomic E-state index is 11.3. The summed E-state index contributed by atoms with van der Waals surface area (Å²) >= 11 is 0. The molecule has 86 valence electrons. The number of nitrogens with zero attached hydrogens (tertiary/aromatic N) is 2. The number of carbonyl (C=O) groups is 1. The van der Waals surface area contributed by atoms with Gasteiger partial charge in [-0.1, -0.05) is 18.2 Å². The molecule has 0 aliphatic rings. The summed E-state index contributed by atoms with van der Waals surface area (Å²) in [5, 5.41) is 0. The first kappa shape index (κ1) is 11.1. The topological polar surface area (TPSA) is 61.3 Å². The van der Waals surface area contributed by atoms with Crippen molar-refractivity contribution in [2.45, 2.75) is 0 Å². The number of ether oxygens (including phenoxy) is 2. The van der Waals surface area contributed by atoms with Crippen LogP contribution in [0.15, 0.2) is 42.7 Å². The summed E-state index contributed by atoms with van der Waals surface area (Å²) in [5.41, 5.74) is 0.161. The van der Waals surface area contributed by atoms with E-state index in [0.717, 1.165) is 0 Å². The fraction of sp³-hybridized carbons (Fsp3) is 0.0833. The molecule has 2 aromatic rings. The third-order valence-corrected chi connectivity index (χ3v) is 2.00. The lowest BCUT2D eigenvalue weighted by molar-refractivity contribution is 0.0593. The normalized spacial score (nSPS) is 9.71. The van der Waals surface area contributed by atoms with Gasteiger partial charge in [0.25, 0.3) is 0 Å². The molecular formula is C12H10N2O3. The third-order valence-electron chi connectivity index (χ3n) is 2.00. The monoisotopic (exact) mass is 230 g/mol. The molecule has 0 spiro atoms. The van der Waals surface area contributed by atoms with Crippen LogP contribution in [0.2, 0.25) is 0 Å². The number of para-hydroxylation sites is 1. The van der Waals surface area contributed by atoms with Crippen molar-refractivity contribution in [1.82, 2.24) is 9.97 Å². The number of esters is 1. The summed E-state index contributed by atoms with van der Waals surface area (Å²) in [6.45, 7) is 0. The molecule has 1 aromatic carbocycles. The molecular weight excluding hydrogens is 220 g/mol. The highest BCUT2D eigenvalue weighted by atomic mass is 16.5. The second kappa shape index (κ2) is 5.07. The van der Waals surface area contributed by atoms with Crippen molar-refractivity contribution in [3.05, 3.63) is 48.4 Å². The molecule has 1 heterocycles. The molecule has 5 nitrogen and oxygen atoms in total. The summed E-state index contributed by atoms with van der Waals surface area (Å²) < 4.78 is 10.0. The van der Waals surface area contributed by atoms with E-state index in [1.54, 1.807) is 12.1 Å². The first-order chi connectivity index (χ1) is 8.29. The first-order valence-corrected chi connectivity index (χ1v) is 4.93. The van der Waals surface area contributed by atoms with E-state index in [-0.39, 0.29) is 5.69 Å². The largest absolute Gasteiger partial charge is 0.464 e. The molecule has 0 amide bonds. The van der Waals surface area contributed by atoms with Gasteiger partial charge in [0.2, 0.25) is 5.88 Å². The number of aromatic nitrogens is 2. The molecule has 1 aromatic heterocycles. The fourth-order valence-electron chi connectivity index (χ4n) is 1.22. The van der Waals surface area contributed by atoms with Crippen LogP contribution < -0.4 is 4.74 Å². The van der Waals surface area contributed by atoms with Crippen molar-refractivity contribution in [1.29, 1.82) is 0 Å². The Bertz CT molecular complexity index is 514. The molecule has 0 N–H and O–H groups in total. The quantitative estimate of drug-likeness (QED) is 0.755. The van der Waals surface area contributed by atoms with Crippen LogP contribution in [0.25, 0.3) is 0 Å². The van der Waals surface area contributed by atoms with Gasteiger partial charge in [0.05, 0.1) is 7.11 Å². The van der Waals surface area contributed by atoms with Crippen molar-refractivity contribution in [2.24, 2.45) is 0 Å². The lowest BCUT2D eigenvalue weighted by Gasteiger charge is -2.04. The van der Waals surface area contributed by atoms with Crippen LogP contribution >= 0.6 is 0 Å². The molecule has 0 saturated heterocycles. The summed E-state index contributed by atoms with van der Waals surface area (Å²) in [5.74, 6) is 0.416. The highest BCUT2D eigenvalue weighted by Crippen LogP contribution is 2.18. The minimum Gasteiger partial charge on any atom is -0.464 e. The molecule has 0 atom stereocenters. The zero-order valence-corrected chi connectivity index (χ0v) is 9.16. The second-order valence-corrected chi connectivity index (χ2v) is 3.15. The second-order valence-electron chi connectivity index (χ2n) is 3.15. The van der Waals surface area contributed by atoms with Crippen molar-refractivity contribution < 1.29 is 14.3 Å². The van der Waals surface area contributed by atoms with Crippen molar-refractivity contribution in [3.8, 4) is 11.6 Å². The lowest BCUT2D eigenvalue weighted by atomic mass is 10.3. The Morgan fingerprint density at radius 1 is 1.18 bits per heavy atom. The van der Waals surface area contributed by atoms with E-state index in [1.807, 2.05) is 18.2 Å². The van der Waals surface area contributed by atoms with E-state index in [4.69, 9.17) is 4.74 Å². The fourth-order valence-corrected chi connectivity index (χ4v) is 1.22. The van der Waals surface area contributed by atoms with Gasteiger partial charge in [0.15, 0.2) is 5.69 Å². The minimum absolute atomic E-state index is 0.161. The van der Waals surface area contributed by atoms with Gasteiger partial charge in [-0.25, -0.2) is 14.8 Å². The lowest BCUT2D eigenvalue weighted by Crippen LogP contribution is -2.04. The average molecular weight is 230 g/mol. The Hall–Kier alpha value is -2.43. The van der Waals surface area contributed by atoms with E-state index >= 15 is 0 Å². The van der Waals surface area contributed by atoms with Gasteiger partial charge < -0.3 is 9.47 Å².